The molecule has 0 aliphatic rings. The van der Waals surface area contributed by atoms with Crippen molar-refractivity contribution in [2.24, 2.45) is 5.73 Å². The van der Waals surface area contributed by atoms with Crippen LogP contribution in [0.25, 0.3) is 0 Å². The largest absolute Gasteiger partial charge is 0.434 e. The van der Waals surface area contributed by atoms with Crippen LogP contribution >= 0.6 is 0 Å². The van der Waals surface area contributed by atoms with Crippen molar-refractivity contribution >= 4 is 0 Å². The predicted octanol–water partition coefficient (Wildman–Crippen LogP) is 1.81. The fourth-order valence-corrected chi connectivity index (χ4v) is 1.01. The van der Waals surface area contributed by atoms with E-state index in [0.717, 1.165) is 0 Å². The van der Waals surface area contributed by atoms with Crippen LogP contribution in [0.15, 0.2) is 24.3 Å². The van der Waals surface area contributed by atoms with Gasteiger partial charge in [0.05, 0.1) is 6.07 Å². The van der Waals surface area contributed by atoms with E-state index in [1.165, 1.54) is 18.2 Å². The minimum absolute atomic E-state index is 0.0587. The lowest BCUT2D eigenvalue weighted by molar-refractivity contribution is -0.0505. The lowest BCUT2D eigenvalue weighted by atomic mass is 10.1. The van der Waals surface area contributed by atoms with E-state index in [1.807, 2.05) is 0 Å². The molecule has 0 spiro atoms. The maximum absolute atomic E-state index is 11.9. The average molecular weight is 198 g/mol. The number of nitriles is 1. The first-order chi connectivity index (χ1) is 6.65. The van der Waals surface area contributed by atoms with Crippen molar-refractivity contribution in [3.63, 3.8) is 0 Å². The Balaban J connectivity index is 2.98. The second-order valence-electron chi connectivity index (χ2n) is 2.52. The highest BCUT2D eigenvalue weighted by molar-refractivity contribution is 5.38. The van der Waals surface area contributed by atoms with Crippen molar-refractivity contribution in [2.75, 3.05) is 0 Å². The summed E-state index contributed by atoms with van der Waals surface area (Å²) >= 11 is 0. The summed E-state index contributed by atoms with van der Waals surface area (Å²) < 4.78 is 28.0. The molecule has 1 unspecified atom stereocenters. The van der Waals surface area contributed by atoms with E-state index >= 15 is 0 Å². The number of nitrogens with zero attached hydrogens (tertiary/aromatic N) is 1. The molecule has 5 heteroatoms. The Morgan fingerprint density at radius 2 is 2.00 bits per heavy atom. The van der Waals surface area contributed by atoms with Crippen LogP contribution in [0.4, 0.5) is 8.78 Å². The second-order valence-corrected chi connectivity index (χ2v) is 2.52. The lowest BCUT2D eigenvalue weighted by Gasteiger charge is -2.10. The fourth-order valence-electron chi connectivity index (χ4n) is 1.01. The molecule has 0 aliphatic carbocycles. The van der Waals surface area contributed by atoms with Crippen molar-refractivity contribution in [3.8, 4) is 11.8 Å². The van der Waals surface area contributed by atoms with Gasteiger partial charge in [-0.2, -0.15) is 14.0 Å². The first kappa shape index (κ1) is 10.4. The van der Waals surface area contributed by atoms with Crippen molar-refractivity contribution in [3.05, 3.63) is 29.8 Å². The first-order valence-electron chi connectivity index (χ1n) is 3.84. The Bertz CT molecular complexity index is 349. The minimum atomic E-state index is -2.91. The number of nitrogens with two attached hydrogens (primary N) is 1. The molecule has 0 heterocycles. The van der Waals surface area contributed by atoms with Crippen LogP contribution in [0.2, 0.25) is 0 Å². The molecule has 0 aliphatic heterocycles. The maximum Gasteiger partial charge on any atom is 0.387 e. The molecule has 1 aromatic rings. The van der Waals surface area contributed by atoms with Gasteiger partial charge >= 0.3 is 6.61 Å². The highest BCUT2D eigenvalue weighted by Crippen LogP contribution is 2.24. The molecule has 0 saturated carbocycles. The van der Waals surface area contributed by atoms with Crippen LogP contribution in [-0.4, -0.2) is 6.61 Å². The van der Waals surface area contributed by atoms with Crippen molar-refractivity contribution in [1.29, 1.82) is 5.26 Å². The molecule has 0 amide bonds. The Morgan fingerprint density at radius 3 is 2.57 bits per heavy atom. The van der Waals surface area contributed by atoms with Gasteiger partial charge in [0.1, 0.15) is 11.8 Å². The summed E-state index contributed by atoms with van der Waals surface area (Å²) in [5, 5.41) is 8.53. The third-order valence-corrected chi connectivity index (χ3v) is 1.61. The van der Waals surface area contributed by atoms with Crippen molar-refractivity contribution < 1.29 is 13.5 Å². The molecule has 0 radical (unpaired) electrons. The van der Waals surface area contributed by atoms with Crippen LogP contribution in [0.5, 0.6) is 5.75 Å². The van der Waals surface area contributed by atoms with Crippen LogP contribution in [0, 0.1) is 11.3 Å². The van der Waals surface area contributed by atoms with Gasteiger partial charge in [-0.25, -0.2) is 0 Å². The molecule has 1 rings (SSSR count). The predicted molar refractivity (Wildman–Crippen MR) is 45.6 cm³/mol. The Kier molecular flexibility index (Phi) is 3.37. The van der Waals surface area contributed by atoms with Gasteiger partial charge in [0.15, 0.2) is 0 Å². The summed E-state index contributed by atoms with van der Waals surface area (Å²) in [6.07, 6.45) is 0. The third kappa shape index (κ3) is 2.41. The highest BCUT2D eigenvalue weighted by Gasteiger charge is 2.13. The number of ether oxygens (including phenoxy) is 1. The Hall–Kier alpha value is -1.67. The third-order valence-electron chi connectivity index (χ3n) is 1.61. The molecule has 1 aromatic carbocycles. The summed E-state index contributed by atoms with van der Waals surface area (Å²) in [5.74, 6) is -0.0587. The van der Waals surface area contributed by atoms with E-state index in [1.54, 1.807) is 12.1 Å². The number of benzene rings is 1. The number of halogens is 2. The van der Waals surface area contributed by atoms with E-state index in [9.17, 15) is 8.78 Å². The smallest absolute Gasteiger partial charge is 0.387 e. The molecule has 1 atom stereocenters. The number of rotatable bonds is 3. The van der Waals surface area contributed by atoms with Crippen molar-refractivity contribution in [1.82, 2.24) is 0 Å². The van der Waals surface area contributed by atoms with E-state index in [-0.39, 0.29) is 11.3 Å². The molecule has 74 valence electrons. The number of para-hydroxylation sites is 1. The van der Waals surface area contributed by atoms with Gasteiger partial charge in [-0.3, -0.25) is 0 Å². The minimum Gasteiger partial charge on any atom is -0.434 e. The van der Waals surface area contributed by atoms with Crippen LogP contribution in [-0.2, 0) is 0 Å². The molecule has 2 N–H and O–H groups in total. The summed E-state index contributed by atoms with van der Waals surface area (Å²) in [6.45, 7) is -2.91. The maximum atomic E-state index is 11.9. The zero-order valence-corrected chi connectivity index (χ0v) is 7.15. The van der Waals surface area contributed by atoms with E-state index in [0.29, 0.717) is 0 Å². The standard InChI is InChI=1S/C9H8F2N2O/c10-9(11)14-8-4-2-1-3-6(8)7(13)5-12/h1-4,7,9H,13H2. The van der Waals surface area contributed by atoms with Gasteiger partial charge in [0.25, 0.3) is 0 Å². The number of alkyl halides is 2. The summed E-state index contributed by atoms with van der Waals surface area (Å²) in [6, 6.07) is 6.75. The number of hydrogen-bond donors (Lipinski definition) is 1. The first-order valence-corrected chi connectivity index (χ1v) is 3.84. The second kappa shape index (κ2) is 4.53. The summed E-state index contributed by atoms with van der Waals surface area (Å²) in [5.41, 5.74) is 5.64. The van der Waals surface area contributed by atoms with Gasteiger partial charge in [-0.15, -0.1) is 0 Å². The monoisotopic (exact) mass is 198 g/mol. The molecular formula is C9H8F2N2O. The quantitative estimate of drug-likeness (QED) is 0.805. The molecule has 14 heavy (non-hydrogen) atoms. The van der Waals surface area contributed by atoms with E-state index in [2.05, 4.69) is 4.74 Å². The zero-order valence-electron chi connectivity index (χ0n) is 7.15. The molecule has 3 nitrogen and oxygen atoms in total. The van der Waals surface area contributed by atoms with Gasteiger partial charge in [-0.05, 0) is 6.07 Å². The van der Waals surface area contributed by atoms with Gasteiger partial charge in [-0.1, -0.05) is 18.2 Å². The normalized spacial score (nSPS) is 12.2. The summed E-state index contributed by atoms with van der Waals surface area (Å²) in [4.78, 5) is 0. The van der Waals surface area contributed by atoms with E-state index in [4.69, 9.17) is 11.0 Å². The fraction of sp³-hybridized carbons (Fsp3) is 0.222. The molecular weight excluding hydrogens is 190 g/mol. The topological polar surface area (TPSA) is 59.0 Å². The highest BCUT2D eigenvalue weighted by atomic mass is 19.3. The van der Waals surface area contributed by atoms with Gasteiger partial charge in [0, 0.05) is 5.56 Å². The zero-order chi connectivity index (χ0) is 10.6. The Labute approximate surface area is 79.7 Å². The van der Waals surface area contributed by atoms with Crippen LogP contribution in [0.3, 0.4) is 0 Å². The molecule has 0 bridgehead atoms. The average Bonchev–Trinajstić information content (AvgIpc) is 2.16. The molecule has 0 aromatic heterocycles. The summed E-state index contributed by atoms with van der Waals surface area (Å²) in [7, 11) is 0. The van der Waals surface area contributed by atoms with Crippen LogP contribution < -0.4 is 10.5 Å². The Morgan fingerprint density at radius 1 is 1.36 bits per heavy atom. The number of hydrogen-bond acceptors (Lipinski definition) is 3. The molecule has 0 saturated heterocycles. The molecule has 0 fully saturated rings. The van der Waals surface area contributed by atoms with Crippen molar-refractivity contribution in [2.45, 2.75) is 12.7 Å². The van der Waals surface area contributed by atoms with Gasteiger partial charge in [0.2, 0.25) is 0 Å². The lowest BCUT2D eigenvalue weighted by Crippen LogP contribution is -2.11. The SMILES string of the molecule is N#CC(N)c1ccccc1OC(F)F. The van der Waals surface area contributed by atoms with Crippen LogP contribution in [0.1, 0.15) is 11.6 Å². The van der Waals surface area contributed by atoms with Gasteiger partial charge < -0.3 is 10.5 Å². The van der Waals surface area contributed by atoms with E-state index < -0.39 is 12.7 Å².